The van der Waals surface area contributed by atoms with Crippen LogP contribution >= 0.6 is 0 Å². The first kappa shape index (κ1) is 14.8. The number of nitrogens with one attached hydrogen (secondary N) is 1. The summed E-state index contributed by atoms with van der Waals surface area (Å²) in [5.74, 6) is 0.608. The van der Waals surface area contributed by atoms with Gasteiger partial charge in [0.25, 0.3) is 11.8 Å². The number of rotatable bonds is 5. The number of carbonyl (C=O) groups is 1. The SMILES string of the molecule is CCOc1ccc(C(=O)Nc2nnc(-c3ccn(C)n3)o2)cc1. The number of ether oxygens (including phenoxy) is 1. The molecule has 2 heterocycles. The molecule has 0 aliphatic rings. The van der Waals surface area contributed by atoms with Gasteiger partial charge in [0.05, 0.1) is 6.61 Å². The Labute approximate surface area is 132 Å². The van der Waals surface area contributed by atoms with E-state index in [4.69, 9.17) is 9.15 Å². The summed E-state index contributed by atoms with van der Waals surface area (Å²) < 4.78 is 12.3. The molecule has 0 radical (unpaired) electrons. The van der Waals surface area contributed by atoms with Gasteiger partial charge in [-0.05, 0) is 37.3 Å². The minimum absolute atomic E-state index is 0.0181. The fourth-order valence-corrected chi connectivity index (χ4v) is 1.94. The summed E-state index contributed by atoms with van der Waals surface area (Å²) >= 11 is 0. The second-order valence-corrected chi connectivity index (χ2v) is 4.70. The molecular formula is C15H15N5O3. The predicted octanol–water partition coefficient (Wildman–Crippen LogP) is 2.12. The first-order valence-electron chi connectivity index (χ1n) is 7.03. The van der Waals surface area contributed by atoms with Crippen molar-refractivity contribution < 1.29 is 13.9 Å². The number of benzene rings is 1. The summed E-state index contributed by atoms with van der Waals surface area (Å²) in [6.07, 6.45) is 1.76. The molecule has 118 valence electrons. The normalized spacial score (nSPS) is 10.5. The maximum absolute atomic E-state index is 12.1. The highest BCUT2D eigenvalue weighted by atomic mass is 16.5. The lowest BCUT2D eigenvalue weighted by Gasteiger charge is -2.04. The lowest BCUT2D eigenvalue weighted by atomic mass is 10.2. The lowest BCUT2D eigenvalue weighted by Crippen LogP contribution is -2.12. The zero-order chi connectivity index (χ0) is 16.2. The number of anilines is 1. The van der Waals surface area contributed by atoms with Gasteiger partial charge in [-0.15, -0.1) is 5.10 Å². The van der Waals surface area contributed by atoms with Crippen LogP contribution in [0.1, 0.15) is 17.3 Å². The first-order valence-corrected chi connectivity index (χ1v) is 7.03. The molecule has 0 fully saturated rings. The van der Waals surface area contributed by atoms with Crippen molar-refractivity contribution >= 4 is 11.9 Å². The van der Waals surface area contributed by atoms with E-state index in [1.54, 1.807) is 48.3 Å². The van der Waals surface area contributed by atoms with Crippen LogP contribution in [0.5, 0.6) is 5.75 Å². The minimum atomic E-state index is -0.343. The van der Waals surface area contributed by atoms with Crippen LogP contribution in [-0.4, -0.2) is 32.5 Å². The Balaban J connectivity index is 1.69. The van der Waals surface area contributed by atoms with Crippen molar-refractivity contribution in [2.45, 2.75) is 6.92 Å². The number of carbonyl (C=O) groups excluding carboxylic acids is 1. The van der Waals surface area contributed by atoms with Gasteiger partial charge < -0.3 is 9.15 Å². The largest absolute Gasteiger partial charge is 0.494 e. The Hall–Kier alpha value is -3.16. The van der Waals surface area contributed by atoms with Crippen molar-refractivity contribution in [3.05, 3.63) is 42.1 Å². The molecule has 0 saturated heterocycles. The maximum atomic E-state index is 12.1. The van der Waals surface area contributed by atoms with E-state index < -0.39 is 0 Å². The molecule has 0 bridgehead atoms. The van der Waals surface area contributed by atoms with Crippen LogP contribution in [0.15, 0.2) is 40.9 Å². The summed E-state index contributed by atoms with van der Waals surface area (Å²) in [6.45, 7) is 2.47. The molecule has 23 heavy (non-hydrogen) atoms. The molecule has 0 atom stereocenters. The highest BCUT2D eigenvalue weighted by Gasteiger charge is 2.14. The zero-order valence-corrected chi connectivity index (χ0v) is 12.7. The van der Waals surface area contributed by atoms with Gasteiger partial charge in [-0.1, -0.05) is 5.10 Å². The topological polar surface area (TPSA) is 95.1 Å². The van der Waals surface area contributed by atoms with Crippen molar-refractivity contribution in [2.24, 2.45) is 7.05 Å². The number of nitrogens with zero attached hydrogens (tertiary/aromatic N) is 4. The number of amides is 1. The molecular weight excluding hydrogens is 298 g/mol. The molecule has 1 N–H and O–H groups in total. The van der Waals surface area contributed by atoms with Crippen molar-refractivity contribution in [1.29, 1.82) is 0 Å². The third-order valence-corrected chi connectivity index (χ3v) is 3.01. The summed E-state index contributed by atoms with van der Waals surface area (Å²) in [6, 6.07) is 8.54. The number of aromatic nitrogens is 4. The predicted molar refractivity (Wildman–Crippen MR) is 82.1 cm³/mol. The smallest absolute Gasteiger partial charge is 0.322 e. The van der Waals surface area contributed by atoms with Crippen molar-refractivity contribution in [1.82, 2.24) is 20.0 Å². The van der Waals surface area contributed by atoms with E-state index in [0.29, 0.717) is 23.6 Å². The molecule has 0 saturated carbocycles. The third kappa shape index (κ3) is 3.37. The maximum Gasteiger partial charge on any atom is 0.322 e. The summed E-state index contributed by atoms with van der Waals surface area (Å²) in [5.41, 5.74) is 1.01. The van der Waals surface area contributed by atoms with Gasteiger partial charge in [0.15, 0.2) is 0 Å². The van der Waals surface area contributed by atoms with Crippen LogP contribution < -0.4 is 10.1 Å². The summed E-state index contributed by atoms with van der Waals surface area (Å²) in [7, 11) is 1.79. The average molecular weight is 313 g/mol. The van der Waals surface area contributed by atoms with Gasteiger partial charge in [0.2, 0.25) is 0 Å². The van der Waals surface area contributed by atoms with Gasteiger partial charge in [-0.3, -0.25) is 14.8 Å². The molecule has 0 aliphatic carbocycles. The Morgan fingerprint density at radius 1 is 1.26 bits per heavy atom. The molecule has 8 heteroatoms. The molecule has 8 nitrogen and oxygen atoms in total. The quantitative estimate of drug-likeness (QED) is 0.775. The number of hydrogen-bond donors (Lipinski definition) is 1. The van der Waals surface area contributed by atoms with Gasteiger partial charge in [0, 0.05) is 18.8 Å². The lowest BCUT2D eigenvalue weighted by molar-refractivity contribution is 0.102. The van der Waals surface area contributed by atoms with E-state index in [1.807, 2.05) is 6.92 Å². The van der Waals surface area contributed by atoms with E-state index >= 15 is 0 Å². The van der Waals surface area contributed by atoms with E-state index in [2.05, 4.69) is 20.6 Å². The molecule has 1 aromatic carbocycles. The third-order valence-electron chi connectivity index (χ3n) is 3.01. The Bertz CT molecular complexity index is 807. The van der Waals surface area contributed by atoms with Gasteiger partial charge in [-0.25, -0.2) is 0 Å². The van der Waals surface area contributed by atoms with Crippen LogP contribution in [-0.2, 0) is 7.05 Å². The van der Waals surface area contributed by atoms with E-state index in [0.717, 1.165) is 0 Å². The van der Waals surface area contributed by atoms with Crippen LogP contribution in [0.2, 0.25) is 0 Å². The van der Waals surface area contributed by atoms with Gasteiger partial charge in [-0.2, -0.15) is 5.10 Å². The van der Waals surface area contributed by atoms with Gasteiger partial charge in [0.1, 0.15) is 11.4 Å². The molecule has 3 aromatic rings. The molecule has 0 unspecified atom stereocenters. The van der Waals surface area contributed by atoms with Crippen LogP contribution in [0.4, 0.5) is 6.01 Å². The molecule has 1 amide bonds. The van der Waals surface area contributed by atoms with Crippen molar-refractivity contribution in [3.8, 4) is 17.3 Å². The Morgan fingerprint density at radius 3 is 2.70 bits per heavy atom. The Kier molecular flexibility index (Phi) is 4.05. The molecule has 0 spiro atoms. The second-order valence-electron chi connectivity index (χ2n) is 4.70. The van der Waals surface area contributed by atoms with Crippen molar-refractivity contribution in [2.75, 3.05) is 11.9 Å². The average Bonchev–Trinajstić information content (AvgIpc) is 3.17. The number of hydrogen-bond acceptors (Lipinski definition) is 6. The van der Waals surface area contributed by atoms with Crippen LogP contribution in [0.25, 0.3) is 11.6 Å². The van der Waals surface area contributed by atoms with Crippen molar-refractivity contribution in [3.63, 3.8) is 0 Å². The fourth-order valence-electron chi connectivity index (χ4n) is 1.94. The minimum Gasteiger partial charge on any atom is -0.494 e. The summed E-state index contributed by atoms with van der Waals surface area (Å²) in [5, 5.41) is 14.4. The first-order chi connectivity index (χ1) is 11.2. The van der Waals surface area contributed by atoms with Crippen LogP contribution in [0, 0.1) is 0 Å². The monoisotopic (exact) mass is 313 g/mol. The van der Waals surface area contributed by atoms with Crippen LogP contribution in [0.3, 0.4) is 0 Å². The standard InChI is InChI=1S/C15H15N5O3/c1-3-22-11-6-4-10(5-7-11)13(21)16-15-18-17-14(23-15)12-8-9-20(2)19-12/h4-9H,3H2,1-2H3,(H,16,18,21). The van der Waals surface area contributed by atoms with E-state index in [1.165, 1.54) is 0 Å². The number of aryl methyl sites for hydroxylation is 1. The van der Waals surface area contributed by atoms with Gasteiger partial charge >= 0.3 is 6.01 Å². The highest BCUT2D eigenvalue weighted by molar-refractivity contribution is 6.03. The fraction of sp³-hybridized carbons (Fsp3) is 0.200. The molecule has 0 aliphatic heterocycles. The Morgan fingerprint density at radius 2 is 2.04 bits per heavy atom. The van der Waals surface area contributed by atoms with E-state index in [9.17, 15) is 4.79 Å². The summed E-state index contributed by atoms with van der Waals surface area (Å²) in [4.78, 5) is 12.1. The highest BCUT2D eigenvalue weighted by Crippen LogP contribution is 2.18. The van der Waals surface area contributed by atoms with E-state index in [-0.39, 0.29) is 17.8 Å². The molecule has 2 aromatic heterocycles. The zero-order valence-electron chi connectivity index (χ0n) is 12.7. The molecule has 3 rings (SSSR count). The second kappa shape index (κ2) is 6.30.